The van der Waals surface area contributed by atoms with E-state index in [0.717, 1.165) is 44.6 Å². The predicted molar refractivity (Wildman–Crippen MR) is 126 cm³/mol. The zero-order chi connectivity index (χ0) is 22.5. The van der Waals surface area contributed by atoms with E-state index < -0.39 is 11.8 Å². The van der Waals surface area contributed by atoms with E-state index in [1.54, 1.807) is 24.3 Å². The lowest BCUT2D eigenvalue weighted by molar-refractivity contribution is -0.136. The second kappa shape index (κ2) is 10.0. The maximum atomic E-state index is 12.5. The van der Waals surface area contributed by atoms with Crippen molar-refractivity contribution in [3.05, 3.63) is 53.6 Å². The number of anilines is 2. The van der Waals surface area contributed by atoms with Crippen molar-refractivity contribution in [1.29, 1.82) is 0 Å². The summed E-state index contributed by atoms with van der Waals surface area (Å²) in [6.07, 6.45) is 3.37. The molecule has 0 aliphatic carbocycles. The van der Waals surface area contributed by atoms with Crippen molar-refractivity contribution >= 4 is 23.2 Å². The van der Waals surface area contributed by atoms with Gasteiger partial charge in [-0.25, -0.2) is 0 Å². The first-order valence-electron chi connectivity index (χ1n) is 11.4. The smallest absolute Gasteiger partial charge is 0.313 e. The number of likely N-dealkylation sites (N-methyl/N-ethyl adjacent to an activating group) is 1. The summed E-state index contributed by atoms with van der Waals surface area (Å²) in [5, 5.41) is 5.52. The SMILES string of the molecule is CCOc1ccc(NC(=O)C(=O)NCC(c2ccc3c(c2)CCN3C)N2CCCC2)cc1. The number of rotatable bonds is 7. The first kappa shape index (κ1) is 22.1. The molecule has 32 heavy (non-hydrogen) atoms. The number of likely N-dealkylation sites (tertiary alicyclic amines) is 1. The van der Waals surface area contributed by atoms with Gasteiger partial charge < -0.3 is 20.3 Å². The van der Waals surface area contributed by atoms with E-state index in [1.807, 2.05) is 6.92 Å². The Kier molecular flexibility index (Phi) is 6.95. The average molecular weight is 437 g/mol. The van der Waals surface area contributed by atoms with Gasteiger partial charge in [0.05, 0.1) is 12.6 Å². The highest BCUT2D eigenvalue weighted by Crippen LogP contribution is 2.32. The Bertz CT molecular complexity index is 954. The monoisotopic (exact) mass is 436 g/mol. The normalized spacial score (nSPS) is 16.5. The summed E-state index contributed by atoms with van der Waals surface area (Å²) in [6, 6.07) is 13.7. The molecule has 1 fully saturated rings. The van der Waals surface area contributed by atoms with Crippen LogP contribution in [0.5, 0.6) is 5.75 Å². The van der Waals surface area contributed by atoms with Crippen molar-refractivity contribution in [2.24, 2.45) is 0 Å². The predicted octanol–water partition coefficient (Wildman–Crippen LogP) is 2.97. The van der Waals surface area contributed by atoms with Gasteiger partial charge in [-0.1, -0.05) is 12.1 Å². The molecule has 170 valence electrons. The van der Waals surface area contributed by atoms with Crippen LogP contribution in [0, 0.1) is 0 Å². The van der Waals surface area contributed by atoms with Gasteiger partial charge in [0.15, 0.2) is 0 Å². The Labute approximate surface area is 189 Å². The summed E-state index contributed by atoms with van der Waals surface area (Å²) in [5.74, 6) is -0.558. The molecule has 0 spiro atoms. The van der Waals surface area contributed by atoms with Crippen LogP contribution in [0.4, 0.5) is 11.4 Å². The number of hydrogen-bond acceptors (Lipinski definition) is 5. The van der Waals surface area contributed by atoms with Crippen molar-refractivity contribution in [1.82, 2.24) is 10.2 Å². The molecule has 2 aromatic rings. The number of carbonyl (C=O) groups is 2. The average Bonchev–Trinajstić information content (AvgIpc) is 3.46. The summed E-state index contributed by atoms with van der Waals surface area (Å²) in [7, 11) is 2.12. The Balaban J connectivity index is 1.39. The highest BCUT2D eigenvalue weighted by molar-refractivity contribution is 6.39. The molecule has 0 radical (unpaired) electrons. The molecule has 7 nitrogen and oxygen atoms in total. The van der Waals surface area contributed by atoms with Crippen molar-refractivity contribution in [2.45, 2.75) is 32.2 Å². The fourth-order valence-corrected chi connectivity index (χ4v) is 4.56. The van der Waals surface area contributed by atoms with Crippen LogP contribution in [0.3, 0.4) is 0 Å². The molecule has 4 rings (SSSR count). The minimum atomic E-state index is -0.662. The number of ether oxygens (including phenoxy) is 1. The number of hydrogen-bond donors (Lipinski definition) is 2. The van der Waals surface area contributed by atoms with Crippen molar-refractivity contribution in [3.8, 4) is 5.75 Å². The van der Waals surface area contributed by atoms with Crippen LogP contribution < -0.4 is 20.3 Å². The lowest BCUT2D eigenvalue weighted by Gasteiger charge is -2.28. The van der Waals surface area contributed by atoms with Crippen LogP contribution in [-0.2, 0) is 16.0 Å². The molecule has 2 amide bonds. The van der Waals surface area contributed by atoms with E-state index in [0.29, 0.717) is 18.8 Å². The Morgan fingerprint density at radius 3 is 2.50 bits per heavy atom. The van der Waals surface area contributed by atoms with Crippen LogP contribution in [0.15, 0.2) is 42.5 Å². The number of nitrogens with one attached hydrogen (secondary N) is 2. The molecule has 2 heterocycles. The zero-order valence-electron chi connectivity index (χ0n) is 18.9. The van der Waals surface area contributed by atoms with Crippen LogP contribution in [0.2, 0.25) is 0 Å². The number of nitrogens with zero attached hydrogens (tertiary/aromatic N) is 2. The van der Waals surface area contributed by atoms with Gasteiger partial charge in [0, 0.05) is 31.5 Å². The van der Waals surface area contributed by atoms with Gasteiger partial charge >= 0.3 is 11.8 Å². The lowest BCUT2D eigenvalue weighted by Crippen LogP contribution is -2.41. The molecule has 0 aromatic heterocycles. The molecule has 1 unspecified atom stereocenters. The van der Waals surface area contributed by atoms with Gasteiger partial charge in [-0.3, -0.25) is 14.5 Å². The number of benzene rings is 2. The third kappa shape index (κ3) is 5.05. The third-order valence-corrected chi connectivity index (χ3v) is 6.28. The standard InChI is InChI=1S/C25H32N4O3/c1-3-32-21-9-7-20(8-10-21)27-25(31)24(30)26-17-23(29-13-4-5-14-29)18-6-11-22-19(16-18)12-15-28(22)2/h6-11,16,23H,3-5,12-15,17H2,1-2H3,(H,26,30)(H,27,31). The van der Waals surface area contributed by atoms with Crippen LogP contribution in [-0.4, -0.2) is 56.5 Å². The van der Waals surface area contributed by atoms with E-state index >= 15 is 0 Å². The topological polar surface area (TPSA) is 73.9 Å². The molecular weight excluding hydrogens is 404 g/mol. The van der Waals surface area contributed by atoms with Gasteiger partial charge in [0.1, 0.15) is 5.75 Å². The molecule has 1 saturated heterocycles. The van der Waals surface area contributed by atoms with Crippen molar-refractivity contribution < 1.29 is 14.3 Å². The second-order valence-electron chi connectivity index (χ2n) is 8.44. The molecule has 2 aromatic carbocycles. The molecular formula is C25H32N4O3. The van der Waals surface area contributed by atoms with Gasteiger partial charge in [-0.05, 0) is 80.7 Å². The number of amides is 2. The fraction of sp³-hybridized carbons (Fsp3) is 0.440. The Hall–Kier alpha value is -3.06. The van der Waals surface area contributed by atoms with Gasteiger partial charge in [0.25, 0.3) is 0 Å². The lowest BCUT2D eigenvalue weighted by atomic mass is 10.0. The minimum Gasteiger partial charge on any atom is -0.494 e. The van der Waals surface area contributed by atoms with E-state index in [9.17, 15) is 9.59 Å². The summed E-state index contributed by atoms with van der Waals surface area (Å²) >= 11 is 0. The van der Waals surface area contributed by atoms with E-state index in [-0.39, 0.29) is 6.04 Å². The summed E-state index contributed by atoms with van der Waals surface area (Å²) in [4.78, 5) is 29.6. The second-order valence-corrected chi connectivity index (χ2v) is 8.44. The van der Waals surface area contributed by atoms with Gasteiger partial charge in [-0.2, -0.15) is 0 Å². The van der Waals surface area contributed by atoms with Crippen LogP contribution in [0.25, 0.3) is 0 Å². The molecule has 0 saturated carbocycles. The Morgan fingerprint density at radius 1 is 1.03 bits per heavy atom. The summed E-state index contributed by atoms with van der Waals surface area (Å²) < 4.78 is 5.40. The summed E-state index contributed by atoms with van der Waals surface area (Å²) in [6.45, 7) is 5.95. The summed E-state index contributed by atoms with van der Waals surface area (Å²) in [5.41, 5.74) is 4.40. The highest BCUT2D eigenvalue weighted by atomic mass is 16.5. The first-order valence-corrected chi connectivity index (χ1v) is 11.4. The van der Waals surface area contributed by atoms with Crippen LogP contribution >= 0.6 is 0 Å². The molecule has 2 aliphatic heterocycles. The highest BCUT2D eigenvalue weighted by Gasteiger charge is 2.27. The Morgan fingerprint density at radius 2 is 1.78 bits per heavy atom. The quantitative estimate of drug-likeness (QED) is 0.653. The van der Waals surface area contributed by atoms with Crippen molar-refractivity contribution in [3.63, 3.8) is 0 Å². The first-order chi connectivity index (χ1) is 15.5. The maximum absolute atomic E-state index is 12.5. The van der Waals surface area contributed by atoms with E-state index in [1.165, 1.54) is 16.8 Å². The fourth-order valence-electron chi connectivity index (χ4n) is 4.56. The van der Waals surface area contributed by atoms with Crippen LogP contribution in [0.1, 0.15) is 36.9 Å². The molecule has 2 N–H and O–H groups in total. The van der Waals surface area contributed by atoms with Crippen molar-refractivity contribution in [2.75, 3.05) is 50.1 Å². The number of fused-ring (bicyclic) bond motifs is 1. The maximum Gasteiger partial charge on any atom is 0.313 e. The van der Waals surface area contributed by atoms with Gasteiger partial charge in [0.2, 0.25) is 0 Å². The van der Waals surface area contributed by atoms with E-state index in [4.69, 9.17) is 4.74 Å². The number of carbonyl (C=O) groups excluding carboxylic acids is 2. The molecule has 2 aliphatic rings. The van der Waals surface area contributed by atoms with E-state index in [2.05, 4.69) is 45.7 Å². The van der Waals surface area contributed by atoms with Gasteiger partial charge in [-0.15, -0.1) is 0 Å². The minimum absolute atomic E-state index is 0.0657. The zero-order valence-corrected chi connectivity index (χ0v) is 18.9. The largest absolute Gasteiger partial charge is 0.494 e. The molecule has 7 heteroatoms. The molecule has 1 atom stereocenters. The molecule has 0 bridgehead atoms. The third-order valence-electron chi connectivity index (χ3n) is 6.28.